The van der Waals surface area contributed by atoms with Gasteiger partial charge in [0, 0.05) is 32.8 Å². The lowest BCUT2D eigenvalue weighted by atomic mass is 10.1. The van der Waals surface area contributed by atoms with Crippen molar-refractivity contribution in [2.45, 2.75) is 13.8 Å². The second-order valence-corrected chi connectivity index (χ2v) is 8.17. The molecule has 1 amide bonds. The molecule has 0 bridgehead atoms. The number of amides is 1. The van der Waals surface area contributed by atoms with Crippen LogP contribution >= 0.6 is 22.9 Å². The molecule has 144 valence electrons. The third-order valence-corrected chi connectivity index (χ3v) is 5.95. The molecule has 3 aromatic carbocycles. The summed E-state index contributed by atoms with van der Waals surface area (Å²) < 4.78 is 0. The van der Waals surface area contributed by atoms with Crippen LogP contribution in [0, 0.1) is 13.8 Å². The van der Waals surface area contributed by atoms with Crippen molar-refractivity contribution in [3.05, 3.63) is 93.8 Å². The lowest BCUT2D eigenvalue weighted by molar-refractivity contribution is 0.102. The molecular weight excluding hydrogens is 400 g/mol. The van der Waals surface area contributed by atoms with Crippen LogP contribution in [-0.2, 0) is 0 Å². The Bertz CT molecular complexity index is 1160. The smallest absolute Gasteiger partial charge is 0.255 e. The minimum atomic E-state index is -0.112. The molecular formula is C24H19ClN2OS. The van der Waals surface area contributed by atoms with Crippen molar-refractivity contribution in [3.63, 3.8) is 0 Å². The van der Waals surface area contributed by atoms with Crippen LogP contribution < -0.4 is 5.32 Å². The number of carbonyl (C=O) groups is 1. The molecule has 0 saturated carbocycles. The molecule has 0 spiro atoms. The first-order chi connectivity index (χ1) is 14.0. The quantitative estimate of drug-likeness (QED) is 0.387. The monoisotopic (exact) mass is 418 g/mol. The van der Waals surface area contributed by atoms with Gasteiger partial charge < -0.3 is 5.32 Å². The highest BCUT2D eigenvalue weighted by Gasteiger charge is 2.09. The maximum Gasteiger partial charge on any atom is 0.255 e. The number of anilines is 1. The summed E-state index contributed by atoms with van der Waals surface area (Å²) in [4.78, 5) is 17.2. The van der Waals surface area contributed by atoms with Gasteiger partial charge in [-0.25, -0.2) is 4.98 Å². The molecule has 0 atom stereocenters. The van der Waals surface area contributed by atoms with Crippen molar-refractivity contribution < 1.29 is 4.79 Å². The summed E-state index contributed by atoms with van der Waals surface area (Å²) in [7, 11) is 0. The van der Waals surface area contributed by atoms with Gasteiger partial charge in [0.2, 0.25) is 0 Å². The molecule has 4 aromatic rings. The summed E-state index contributed by atoms with van der Waals surface area (Å²) in [6, 6.07) is 21.1. The van der Waals surface area contributed by atoms with Gasteiger partial charge in [-0.2, -0.15) is 0 Å². The number of nitrogens with one attached hydrogen (secondary N) is 1. The molecule has 1 N–H and O–H groups in total. The number of benzene rings is 3. The molecule has 29 heavy (non-hydrogen) atoms. The predicted molar refractivity (Wildman–Crippen MR) is 122 cm³/mol. The van der Waals surface area contributed by atoms with Crippen molar-refractivity contribution >= 4 is 34.5 Å². The first-order valence-electron chi connectivity index (χ1n) is 9.20. The molecule has 1 heterocycles. The molecule has 4 rings (SSSR count). The minimum Gasteiger partial charge on any atom is -0.322 e. The molecule has 0 fully saturated rings. The van der Waals surface area contributed by atoms with Crippen LogP contribution in [0.4, 0.5) is 5.69 Å². The summed E-state index contributed by atoms with van der Waals surface area (Å²) in [5, 5.41) is 6.64. The number of aryl methyl sites for hydroxylation is 2. The van der Waals surface area contributed by atoms with Gasteiger partial charge in [-0.1, -0.05) is 41.9 Å². The molecule has 0 aliphatic heterocycles. The standard InChI is InChI=1S/C24H19ClN2OS/c1-15-3-4-19(13-16(15)2)23(28)26-21-11-7-17(8-12-21)22-14-29-24(27-22)18-5-9-20(25)10-6-18/h3-14H,1-2H3,(H,26,28). The SMILES string of the molecule is Cc1ccc(C(=O)Nc2ccc(-c3csc(-c4ccc(Cl)cc4)n3)cc2)cc1C. The number of halogens is 1. The molecule has 0 aliphatic carbocycles. The topological polar surface area (TPSA) is 42.0 Å². The van der Waals surface area contributed by atoms with Gasteiger partial charge in [0.15, 0.2) is 0 Å². The van der Waals surface area contributed by atoms with Gasteiger partial charge in [-0.05, 0) is 61.4 Å². The summed E-state index contributed by atoms with van der Waals surface area (Å²) in [5.74, 6) is -0.112. The Labute approximate surface area is 179 Å². The zero-order valence-corrected chi connectivity index (χ0v) is 17.6. The molecule has 0 unspecified atom stereocenters. The lowest BCUT2D eigenvalue weighted by Gasteiger charge is -2.08. The van der Waals surface area contributed by atoms with E-state index in [0.29, 0.717) is 10.6 Å². The number of aromatic nitrogens is 1. The van der Waals surface area contributed by atoms with E-state index in [0.717, 1.165) is 33.1 Å². The van der Waals surface area contributed by atoms with E-state index in [9.17, 15) is 4.79 Å². The fraction of sp³-hybridized carbons (Fsp3) is 0.0833. The average Bonchev–Trinajstić information content (AvgIpc) is 3.21. The third-order valence-electron chi connectivity index (χ3n) is 4.80. The summed E-state index contributed by atoms with van der Waals surface area (Å²) in [6.07, 6.45) is 0. The van der Waals surface area contributed by atoms with Crippen molar-refractivity contribution in [3.8, 4) is 21.8 Å². The Balaban J connectivity index is 1.48. The van der Waals surface area contributed by atoms with E-state index < -0.39 is 0 Å². The summed E-state index contributed by atoms with van der Waals surface area (Å²) >= 11 is 7.55. The Morgan fingerprint density at radius 3 is 2.28 bits per heavy atom. The normalized spacial score (nSPS) is 10.7. The molecule has 1 aromatic heterocycles. The van der Waals surface area contributed by atoms with Crippen molar-refractivity contribution in [2.24, 2.45) is 0 Å². The minimum absolute atomic E-state index is 0.112. The van der Waals surface area contributed by atoms with E-state index in [-0.39, 0.29) is 5.91 Å². The van der Waals surface area contributed by atoms with Crippen LogP contribution in [0.5, 0.6) is 0 Å². The number of thiazole rings is 1. The van der Waals surface area contributed by atoms with Crippen molar-refractivity contribution in [1.82, 2.24) is 4.98 Å². The largest absolute Gasteiger partial charge is 0.322 e. The van der Waals surface area contributed by atoms with E-state index in [2.05, 4.69) is 5.32 Å². The molecule has 5 heteroatoms. The first-order valence-corrected chi connectivity index (χ1v) is 10.5. The van der Waals surface area contributed by atoms with Crippen LogP contribution in [-0.4, -0.2) is 10.9 Å². The number of nitrogens with zero attached hydrogens (tertiary/aromatic N) is 1. The number of hydrogen-bond donors (Lipinski definition) is 1. The molecule has 0 saturated heterocycles. The fourth-order valence-electron chi connectivity index (χ4n) is 2.94. The van der Waals surface area contributed by atoms with E-state index in [1.807, 2.05) is 86.0 Å². The average molecular weight is 419 g/mol. The third kappa shape index (κ3) is 4.39. The highest BCUT2D eigenvalue weighted by Crippen LogP contribution is 2.30. The number of hydrogen-bond acceptors (Lipinski definition) is 3. The summed E-state index contributed by atoms with van der Waals surface area (Å²) in [5.41, 5.74) is 6.65. The number of carbonyl (C=O) groups excluding carboxylic acids is 1. The van der Waals surface area contributed by atoms with Gasteiger partial charge in [0.05, 0.1) is 5.69 Å². The molecule has 3 nitrogen and oxygen atoms in total. The Morgan fingerprint density at radius 1 is 0.897 bits per heavy atom. The van der Waals surface area contributed by atoms with Gasteiger partial charge in [-0.15, -0.1) is 11.3 Å². The predicted octanol–water partition coefficient (Wildman–Crippen LogP) is 7.00. The van der Waals surface area contributed by atoms with Crippen LogP contribution in [0.25, 0.3) is 21.8 Å². The first kappa shape index (κ1) is 19.4. The van der Waals surface area contributed by atoms with E-state index in [1.54, 1.807) is 11.3 Å². The lowest BCUT2D eigenvalue weighted by Crippen LogP contribution is -2.12. The van der Waals surface area contributed by atoms with Crippen LogP contribution in [0.2, 0.25) is 5.02 Å². The zero-order valence-electron chi connectivity index (χ0n) is 16.1. The number of rotatable bonds is 4. The molecule has 0 radical (unpaired) electrons. The summed E-state index contributed by atoms with van der Waals surface area (Å²) in [6.45, 7) is 4.04. The van der Waals surface area contributed by atoms with E-state index in [1.165, 1.54) is 5.56 Å². The Kier molecular flexibility index (Phi) is 5.47. The van der Waals surface area contributed by atoms with E-state index >= 15 is 0 Å². The van der Waals surface area contributed by atoms with Gasteiger partial charge >= 0.3 is 0 Å². The second kappa shape index (κ2) is 8.19. The van der Waals surface area contributed by atoms with Crippen molar-refractivity contribution in [2.75, 3.05) is 5.32 Å². The maximum absolute atomic E-state index is 12.5. The van der Waals surface area contributed by atoms with Crippen LogP contribution in [0.15, 0.2) is 72.1 Å². The molecule has 0 aliphatic rings. The van der Waals surface area contributed by atoms with E-state index in [4.69, 9.17) is 16.6 Å². The van der Waals surface area contributed by atoms with Crippen LogP contribution in [0.3, 0.4) is 0 Å². The van der Waals surface area contributed by atoms with Crippen molar-refractivity contribution in [1.29, 1.82) is 0 Å². The fourth-order valence-corrected chi connectivity index (χ4v) is 3.90. The Morgan fingerprint density at radius 2 is 1.59 bits per heavy atom. The van der Waals surface area contributed by atoms with Gasteiger partial charge in [0.1, 0.15) is 5.01 Å². The van der Waals surface area contributed by atoms with Gasteiger partial charge in [-0.3, -0.25) is 4.79 Å². The van der Waals surface area contributed by atoms with Crippen LogP contribution in [0.1, 0.15) is 21.5 Å². The highest BCUT2D eigenvalue weighted by atomic mass is 35.5. The Hall–Kier alpha value is -2.95. The maximum atomic E-state index is 12.5. The highest BCUT2D eigenvalue weighted by molar-refractivity contribution is 7.13. The van der Waals surface area contributed by atoms with Gasteiger partial charge in [0.25, 0.3) is 5.91 Å². The second-order valence-electron chi connectivity index (χ2n) is 6.88. The zero-order chi connectivity index (χ0) is 20.4.